The maximum atomic E-state index is 11.3. The molecule has 1 N–H and O–H groups in total. The van der Waals surface area contributed by atoms with Crippen LogP contribution in [0.1, 0.15) is 51.7 Å². The SMILES string of the molecule is COC1CCC2C([C@@H](O)c3ccc([I-]C)cc3)CN(CC3OC3C(C)(C)C)C2C1. The molecule has 7 atom stereocenters. The first-order chi connectivity index (χ1) is 13.8. The number of aliphatic hydroxyl groups excluding tert-OH is 1. The van der Waals surface area contributed by atoms with Gasteiger partial charge in [0.2, 0.25) is 0 Å². The van der Waals surface area contributed by atoms with Crippen LogP contribution in [0.25, 0.3) is 0 Å². The van der Waals surface area contributed by atoms with E-state index < -0.39 is 0 Å². The molecule has 1 saturated carbocycles. The van der Waals surface area contributed by atoms with Crippen molar-refractivity contribution in [3.8, 4) is 0 Å². The van der Waals surface area contributed by atoms with Crippen molar-refractivity contribution in [2.75, 3.05) is 25.1 Å². The van der Waals surface area contributed by atoms with Gasteiger partial charge in [-0.15, -0.1) is 0 Å². The van der Waals surface area contributed by atoms with E-state index >= 15 is 0 Å². The quantitative estimate of drug-likeness (QED) is 0.342. The summed E-state index contributed by atoms with van der Waals surface area (Å²) in [5.41, 5.74) is 1.29. The Morgan fingerprint density at radius 3 is 2.55 bits per heavy atom. The minimum absolute atomic E-state index is 0.103. The Morgan fingerprint density at radius 2 is 1.97 bits per heavy atom. The average Bonchev–Trinajstić information content (AvgIpc) is 3.42. The van der Waals surface area contributed by atoms with Crippen molar-refractivity contribution < 1.29 is 35.8 Å². The maximum absolute atomic E-state index is 11.3. The van der Waals surface area contributed by atoms with Gasteiger partial charge in [0, 0.05) is 0 Å². The van der Waals surface area contributed by atoms with Crippen molar-refractivity contribution in [1.82, 2.24) is 4.90 Å². The molecule has 0 bridgehead atoms. The number of methoxy groups -OCH3 is 1. The summed E-state index contributed by atoms with van der Waals surface area (Å²) < 4.78 is 13.2. The van der Waals surface area contributed by atoms with Gasteiger partial charge in [-0.3, -0.25) is 0 Å². The van der Waals surface area contributed by atoms with Gasteiger partial charge in [0.25, 0.3) is 0 Å². The Hall–Kier alpha value is -0.210. The van der Waals surface area contributed by atoms with Gasteiger partial charge in [-0.2, -0.15) is 0 Å². The Morgan fingerprint density at radius 1 is 1.24 bits per heavy atom. The van der Waals surface area contributed by atoms with Crippen LogP contribution >= 0.6 is 0 Å². The molecule has 4 nitrogen and oxygen atoms in total. The first-order valence-electron chi connectivity index (χ1n) is 11.0. The Kier molecular flexibility index (Phi) is 6.63. The van der Waals surface area contributed by atoms with E-state index in [0.717, 1.165) is 37.9 Å². The van der Waals surface area contributed by atoms with Gasteiger partial charge in [-0.25, -0.2) is 0 Å². The molecular weight excluding hydrogens is 477 g/mol. The number of aliphatic hydroxyl groups is 1. The number of nitrogens with zero attached hydrogens (tertiary/aromatic N) is 1. The first-order valence-corrected chi connectivity index (χ1v) is 14.2. The molecule has 1 aromatic carbocycles. The molecule has 0 spiro atoms. The molecule has 2 heterocycles. The molecule has 2 saturated heterocycles. The molecule has 29 heavy (non-hydrogen) atoms. The second-order valence-corrected chi connectivity index (χ2v) is 12.5. The molecule has 0 radical (unpaired) electrons. The molecular formula is C24H37INO3-. The average molecular weight is 514 g/mol. The molecule has 3 fully saturated rings. The van der Waals surface area contributed by atoms with Crippen LogP contribution < -0.4 is 21.2 Å². The van der Waals surface area contributed by atoms with Gasteiger partial charge >= 0.3 is 166 Å². The zero-order valence-electron chi connectivity index (χ0n) is 18.5. The van der Waals surface area contributed by atoms with E-state index in [9.17, 15) is 5.11 Å². The van der Waals surface area contributed by atoms with Crippen LogP contribution in [-0.2, 0) is 9.47 Å². The second-order valence-electron chi connectivity index (χ2n) is 10.2. The Balaban J connectivity index is 1.49. The molecule has 1 aliphatic carbocycles. The molecule has 0 aromatic heterocycles. The van der Waals surface area contributed by atoms with E-state index in [2.05, 4.69) is 54.9 Å². The van der Waals surface area contributed by atoms with Crippen LogP contribution in [0.2, 0.25) is 0 Å². The molecule has 3 aliphatic rings. The number of fused-ring (bicyclic) bond motifs is 1. The second kappa shape index (κ2) is 8.73. The van der Waals surface area contributed by atoms with Crippen LogP contribution in [0.4, 0.5) is 0 Å². The molecule has 5 heteroatoms. The third-order valence-electron chi connectivity index (χ3n) is 7.30. The molecule has 6 unspecified atom stereocenters. The predicted molar refractivity (Wildman–Crippen MR) is 111 cm³/mol. The molecule has 164 valence electrons. The fraction of sp³-hybridized carbons (Fsp3) is 0.750. The summed E-state index contributed by atoms with van der Waals surface area (Å²) >= 11 is 0.103. The number of epoxide rings is 1. The van der Waals surface area contributed by atoms with Gasteiger partial charge in [0.15, 0.2) is 0 Å². The standard InChI is InChI=1S/C24H37INO3/c1-24(2,3)23-21(29-23)14-26-13-19(18-11-10-17(28-5)12-20(18)26)22(27)15-6-8-16(25-4)9-7-15/h6-9,17-23,27H,10-14H2,1-5H3/q-1/t17?,18?,19?,20?,21?,22-,23?/m0/s1. The van der Waals surface area contributed by atoms with Crippen LogP contribution in [-0.4, -0.2) is 59.5 Å². The fourth-order valence-corrected chi connectivity index (χ4v) is 6.74. The zero-order chi connectivity index (χ0) is 20.8. The normalized spacial score (nSPS) is 36.2. The number of rotatable bonds is 6. The van der Waals surface area contributed by atoms with Gasteiger partial charge in [-0.05, 0) is 0 Å². The number of alkyl halides is 1. The first kappa shape index (κ1) is 22.0. The Labute approximate surface area is 186 Å². The number of likely N-dealkylation sites (tertiary alicyclic amines) is 1. The van der Waals surface area contributed by atoms with E-state index in [0.29, 0.717) is 36.2 Å². The molecule has 4 rings (SSSR count). The fourth-order valence-electron chi connectivity index (χ4n) is 5.66. The predicted octanol–water partition coefficient (Wildman–Crippen LogP) is 0.537. The summed E-state index contributed by atoms with van der Waals surface area (Å²) in [7, 11) is 1.84. The number of hydrogen-bond acceptors (Lipinski definition) is 4. The van der Waals surface area contributed by atoms with E-state index in [4.69, 9.17) is 9.47 Å². The van der Waals surface area contributed by atoms with Crippen molar-refractivity contribution in [1.29, 1.82) is 0 Å². The Bertz CT molecular complexity index is 688. The van der Waals surface area contributed by atoms with Gasteiger partial charge in [0.05, 0.1) is 0 Å². The third kappa shape index (κ3) is 4.69. The number of halogens is 1. The van der Waals surface area contributed by atoms with E-state index in [-0.39, 0.29) is 32.7 Å². The van der Waals surface area contributed by atoms with Crippen molar-refractivity contribution in [2.24, 2.45) is 17.3 Å². The molecule has 1 aromatic rings. The topological polar surface area (TPSA) is 45.2 Å². The number of hydrogen-bond donors (Lipinski definition) is 1. The van der Waals surface area contributed by atoms with Gasteiger partial charge < -0.3 is 0 Å². The summed E-state index contributed by atoms with van der Waals surface area (Å²) in [6.07, 6.45) is 4.00. The van der Waals surface area contributed by atoms with Crippen molar-refractivity contribution in [3.63, 3.8) is 0 Å². The zero-order valence-corrected chi connectivity index (χ0v) is 20.6. The van der Waals surface area contributed by atoms with Gasteiger partial charge in [0.1, 0.15) is 0 Å². The van der Waals surface area contributed by atoms with E-state index in [1.54, 1.807) is 0 Å². The third-order valence-corrected chi connectivity index (χ3v) is 9.27. The van der Waals surface area contributed by atoms with Crippen LogP contribution in [0.5, 0.6) is 0 Å². The van der Waals surface area contributed by atoms with Crippen molar-refractivity contribution in [2.45, 2.75) is 70.5 Å². The molecule has 0 amide bonds. The van der Waals surface area contributed by atoms with Crippen molar-refractivity contribution >= 4 is 0 Å². The summed E-state index contributed by atoms with van der Waals surface area (Å²) in [6, 6.07) is 9.23. The number of ether oxygens (including phenoxy) is 2. The van der Waals surface area contributed by atoms with Crippen LogP contribution in [0.3, 0.4) is 0 Å². The van der Waals surface area contributed by atoms with Crippen molar-refractivity contribution in [3.05, 3.63) is 33.4 Å². The van der Waals surface area contributed by atoms with E-state index in [1.165, 1.54) is 3.57 Å². The monoisotopic (exact) mass is 514 g/mol. The summed E-state index contributed by atoms with van der Waals surface area (Å²) in [6.45, 7) is 8.75. The molecule has 2 aliphatic heterocycles. The minimum atomic E-state index is -0.380. The summed E-state index contributed by atoms with van der Waals surface area (Å²) in [4.78, 5) is 4.90. The van der Waals surface area contributed by atoms with Crippen LogP contribution in [0.15, 0.2) is 24.3 Å². The summed E-state index contributed by atoms with van der Waals surface area (Å²) in [5, 5.41) is 11.3. The van der Waals surface area contributed by atoms with Crippen LogP contribution in [0, 0.1) is 20.8 Å². The van der Waals surface area contributed by atoms with E-state index in [1.807, 2.05) is 7.11 Å². The number of benzene rings is 1. The van der Waals surface area contributed by atoms with Gasteiger partial charge in [-0.1, -0.05) is 20.8 Å². The summed E-state index contributed by atoms with van der Waals surface area (Å²) in [5.74, 6) is 0.841.